The van der Waals surface area contributed by atoms with Crippen molar-refractivity contribution in [2.24, 2.45) is 0 Å². The SMILES string of the molecule is CC[C@H](C)NC(=O)NC(=O)COC(=O)c1cc(S(C)(=O)=O)ccc1Cl. The fourth-order valence-electron chi connectivity index (χ4n) is 1.62. The number of ether oxygens (including phenoxy) is 1. The molecule has 8 nitrogen and oxygen atoms in total. The minimum Gasteiger partial charge on any atom is -0.452 e. The first kappa shape index (κ1) is 20.9. The first-order valence-corrected chi connectivity index (χ1v) is 9.58. The van der Waals surface area contributed by atoms with Crippen molar-refractivity contribution >= 4 is 39.3 Å². The summed E-state index contributed by atoms with van der Waals surface area (Å²) in [6.45, 7) is 2.91. The van der Waals surface area contributed by atoms with Crippen LogP contribution >= 0.6 is 11.6 Å². The third kappa shape index (κ3) is 6.71. The molecule has 0 aromatic heterocycles. The highest BCUT2D eigenvalue weighted by atomic mass is 35.5. The summed E-state index contributed by atoms with van der Waals surface area (Å²) in [7, 11) is -3.54. The molecule has 25 heavy (non-hydrogen) atoms. The van der Waals surface area contributed by atoms with E-state index in [1.165, 1.54) is 12.1 Å². The predicted molar refractivity (Wildman–Crippen MR) is 91.3 cm³/mol. The molecule has 1 rings (SSSR count). The van der Waals surface area contributed by atoms with Gasteiger partial charge < -0.3 is 10.1 Å². The smallest absolute Gasteiger partial charge is 0.340 e. The van der Waals surface area contributed by atoms with Crippen LogP contribution in [-0.4, -0.2) is 45.2 Å². The maximum Gasteiger partial charge on any atom is 0.340 e. The van der Waals surface area contributed by atoms with Crippen molar-refractivity contribution in [2.75, 3.05) is 12.9 Å². The van der Waals surface area contributed by atoms with E-state index in [4.69, 9.17) is 16.3 Å². The summed E-state index contributed by atoms with van der Waals surface area (Å²) in [5.41, 5.74) is -0.193. The number of carbonyl (C=O) groups is 3. The molecule has 0 unspecified atom stereocenters. The van der Waals surface area contributed by atoms with E-state index in [0.717, 1.165) is 12.3 Å². The Morgan fingerprint density at radius 2 is 1.92 bits per heavy atom. The fraction of sp³-hybridized carbons (Fsp3) is 0.400. The Labute approximate surface area is 150 Å². The Bertz CT molecular complexity index is 778. The molecule has 0 aliphatic carbocycles. The van der Waals surface area contributed by atoms with Crippen molar-refractivity contribution < 1.29 is 27.5 Å². The average Bonchev–Trinajstić information content (AvgIpc) is 2.51. The van der Waals surface area contributed by atoms with Gasteiger partial charge in [0.25, 0.3) is 5.91 Å². The summed E-state index contributed by atoms with van der Waals surface area (Å²) >= 11 is 5.85. The highest BCUT2D eigenvalue weighted by molar-refractivity contribution is 7.90. The molecule has 0 spiro atoms. The van der Waals surface area contributed by atoms with Crippen molar-refractivity contribution in [1.29, 1.82) is 0 Å². The maximum atomic E-state index is 12.0. The zero-order chi connectivity index (χ0) is 19.2. The van der Waals surface area contributed by atoms with E-state index in [2.05, 4.69) is 5.32 Å². The van der Waals surface area contributed by atoms with Gasteiger partial charge in [-0.2, -0.15) is 0 Å². The lowest BCUT2D eigenvalue weighted by Gasteiger charge is -2.12. The average molecular weight is 391 g/mol. The molecule has 0 heterocycles. The summed E-state index contributed by atoms with van der Waals surface area (Å²) in [5, 5.41) is 4.50. The predicted octanol–water partition coefficient (Wildman–Crippen LogP) is 1.52. The zero-order valence-electron chi connectivity index (χ0n) is 14.0. The fourth-order valence-corrected chi connectivity index (χ4v) is 2.47. The topological polar surface area (TPSA) is 119 Å². The van der Waals surface area contributed by atoms with Crippen LogP contribution in [0.25, 0.3) is 0 Å². The summed E-state index contributed by atoms with van der Waals surface area (Å²) in [6, 6.07) is 2.74. The molecule has 0 fully saturated rings. The van der Waals surface area contributed by atoms with Crippen LogP contribution in [0, 0.1) is 0 Å². The standard InChI is InChI=1S/C15H19ClN2O6S/c1-4-9(2)17-15(21)18-13(19)8-24-14(20)11-7-10(25(3,22)23)5-6-12(11)16/h5-7,9H,4,8H2,1-3H3,(H2,17,18,19,21)/t9-/m0/s1. The Morgan fingerprint density at radius 1 is 1.28 bits per heavy atom. The molecule has 1 aromatic carbocycles. The molecule has 0 aliphatic rings. The van der Waals surface area contributed by atoms with Gasteiger partial charge in [-0.15, -0.1) is 0 Å². The second kappa shape index (κ2) is 8.82. The zero-order valence-corrected chi connectivity index (χ0v) is 15.5. The lowest BCUT2D eigenvalue weighted by Crippen LogP contribution is -2.44. The number of rotatable bonds is 6. The number of halogens is 1. The number of esters is 1. The van der Waals surface area contributed by atoms with Crippen LogP contribution in [0.15, 0.2) is 23.1 Å². The minimum absolute atomic E-state index is 0.0210. The summed E-state index contributed by atoms with van der Waals surface area (Å²) in [4.78, 5) is 34.9. The first-order valence-electron chi connectivity index (χ1n) is 7.31. The second-order valence-corrected chi connectivity index (χ2v) is 7.74. The molecule has 1 atom stereocenters. The molecule has 0 radical (unpaired) electrons. The normalized spacial score (nSPS) is 12.2. The number of hydrogen-bond donors (Lipinski definition) is 2. The van der Waals surface area contributed by atoms with Crippen molar-refractivity contribution in [2.45, 2.75) is 31.2 Å². The Balaban J connectivity index is 2.68. The van der Waals surface area contributed by atoms with E-state index in [1.807, 2.05) is 12.2 Å². The number of carbonyl (C=O) groups excluding carboxylic acids is 3. The van der Waals surface area contributed by atoms with Crippen LogP contribution in [0.4, 0.5) is 4.79 Å². The molecule has 3 amide bonds. The molecular formula is C15H19ClN2O6S. The van der Waals surface area contributed by atoms with Crippen LogP contribution in [0.2, 0.25) is 5.02 Å². The maximum absolute atomic E-state index is 12.0. The van der Waals surface area contributed by atoms with Crippen LogP contribution in [0.5, 0.6) is 0 Å². The minimum atomic E-state index is -3.54. The Kier molecular flexibility index (Phi) is 7.38. The summed E-state index contributed by atoms with van der Waals surface area (Å²) < 4.78 is 27.8. The quantitative estimate of drug-likeness (QED) is 0.711. The molecule has 0 bridgehead atoms. The van der Waals surface area contributed by atoms with Gasteiger partial charge in [0.05, 0.1) is 15.5 Å². The molecule has 10 heteroatoms. The Hall–Kier alpha value is -2.13. The molecule has 0 saturated carbocycles. The number of nitrogens with one attached hydrogen (secondary N) is 2. The van der Waals surface area contributed by atoms with Crippen molar-refractivity contribution in [3.8, 4) is 0 Å². The van der Waals surface area contributed by atoms with Crippen LogP contribution in [0.3, 0.4) is 0 Å². The van der Waals surface area contributed by atoms with E-state index < -0.39 is 34.4 Å². The molecule has 2 N–H and O–H groups in total. The van der Waals surface area contributed by atoms with Crippen LogP contribution < -0.4 is 10.6 Å². The van der Waals surface area contributed by atoms with Gasteiger partial charge in [0.2, 0.25) is 0 Å². The number of imide groups is 1. The van der Waals surface area contributed by atoms with Crippen LogP contribution in [0.1, 0.15) is 30.6 Å². The molecule has 138 valence electrons. The Morgan fingerprint density at radius 3 is 2.48 bits per heavy atom. The van der Waals surface area contributed by atoms with Crippen LogP contribution in [-0.2, 0) is 19.4 Å². The third-order valence-corrected chi connectivity index (χ3v) is 4.60. The number of urea groups is 1. The lowest BCUT2D eigenvalue weighted by molar-refractivity contribution is -0.123. The van der Waals surface area contributed by atoms with Crippen molar-refractivity contribution in [3.05, 3.63) is 28.8 Å². The van der Waals surface area contributed by atoms with Gasteiger partial charge >= 0.3 is 12.0 Å². The lowest BCUT2D eigenvalue weighted by atomic mass is 10.2. The van der Waals surface area contributed by atoms with Gasteiger partial charge in [0.1, 0.15) is 0 Å². The second-order valence-electron chi connectivity index (χ2n) is 5.32. The van der Waals surface area contributed by atoms with Crippen molar-refractivity contribution in [3.63, 3.8) is 0 Å². The molecular weight excluding hydrogens is 372 g/mol. The van der Waals surface area contributed by atoms with E-state index in [1.54, 1.807) is 6.92 Å². The van der Waals surface area contributed by atoms with Crippen molar-refractivity contribution in [1.82, 2.24) is 10.6 Å². The highest BCUT2D eigenvalue weighted by Crippen LogP contribution is 2.21. The van der Waals surface area contributed by atoms with E-state index in [0.29, 0.717) is 6.42 Å². The third-order valence-electron chi connectivity index (χ3n) is 3.16. The van der Waals surface area contributed by atoms with Gasteiger partial charge in [-0.05, 0) is 31.5 Å². The van der Waals surface area contributed by atoms with Gasteiger partial charge in [-0.25, -0.2) is 18.0 Å². The number of amides is 3. The van der Waals surface area contributed by atoms with E-state index >= 15 is 0 Å². The number of benzene rings is 1. The van der Waals surface area contributed by atoms with E-state index in [9.17, 15) is 22.8 Å². The van der Waals surface area contributed by atoms with Gasteiger partial charge in [-0.3, -0.25) is 10.1 Å². The van der Waals surface area contributed by atoms with Gasteiger partial charge in [0.15, 0.2) is 16.4 Å². The number of hydrogen-bond acceptors (Lipinski definition) is 6. The molecule has 1 aromatic rings. The largest absolute Gasteiger partial charge is 0.452 e. The van der Waals surface area contributed by atoms with E-state index in [-0.39, 0.29) is 21.5 Å². The first-order chi connectivity index (χ1) is 11.5. The van der Waals surface area contributed by atoms with Gasteiger partial charge in [-0.1, -0.05) is 18.5 Å². The molecule has 0 aliphatic heterocycles. The molecule has 0 saturated heterocycles. The highest BCUT2D eigenvalue weighted by Gasteiger charge is 2.18. The summed E-state index contributed by atoms with van der Waals surface area (Å²) in [5.74, 6) is -1.81. The monoisotopic (exact) mass is 390 g/mol. The summed E-state index contributed by atoms with van der Waals surface area (Å²) in [6.07, 6.45) is 1.67. The van der Waals surface area contributed by atoms with Gasteiger partial charge in [0, 0.05) is 12.3 Å². The number of sulfone groups is 1.